The van der Waals surface area contributed by atoms with Gasteiger partial charge in [-0.25, -0.2) is 4.99 Å². The molecule has 2 N–H and O–H groups in total. The highest BCUT2D eigenvalue weighted by Crippen LogP contribution is 2.44. The van der Waals surface area contributed by atoms with Crippen molar-refractivity contribution in [2.24, 2.45) is 15.2 Å². The molecule has 2 atom stereocenters. The van der Waals surface area contributed by atoms with Crippen molar-refractivity contribution in [3.8, 4) is 11.5 Å². The van der Waals surface area contributed by atoms with E-state index in [1.165, 1.54) is 12.1 Å². The second-order valence-corrected chi connectivity index (χ2v) is 11.6. The highest BCUT2D eigenvalue weighted by Gasteiger charge is 2.54. The number of ether oxygens (including phenoxy) is 3. The summed E-state index contributed by atoms with van der Waals surface area (Å²) in [6.07, 6.45) is -5.49. The molecule has 16 heteroatoms. The third-order valence-electron chi connectivity index (χ3n) is 8.16. The molecule has 0 fully saturated rings. The van der Waals surface area contributed by atoms with Gasteiger partial charge in [0.05, 0.1) is 19.7 Å². The first-order valence-corrected chi connectivity index (χ1v) is 16.1. The van der Waals surface area contributed by atoms with Crippen LogP contribution in [0.2, 0.25) is 0 Å². The molecular formula is C36H33F3N8O5. The first-order valence-electron chi connectivity index (χ1n) is 16.1. The van der Waals surface area contributed by atoms with Gasteiger partial charge in [-0.05, 0) is 75.3 Å². The van der Waals surface area contributed by atoms with Crippen molar-refractivity contribution in [1.82, 2.24) is 5.32 Å². The number of rotatable bonds is 16. The third kappa shape index (κ3) is 9.31. The maximum Gasteiger partial charge on any atom is 0.573 e. The Kier molecular flexibility index (Phi) is 12.2. The Hall–Kier alpha value is -6.21. The molecule has 13 nitrogen and oxygen atoms in total. The topological polar surface area (TPSA) is 187 Å². The molecule has 1 aliphatic rings. The number of alkyl halides is 3. The van der Waals surface area contributed by atoms with Gasteiger partial charge < -0.3 is 24.6 Å². The molecule has 52 heavy (non-hydrogen) atoms. The number of carbonyl (C=O) groups excluding carboxylic acids is 1. The van der Waals surface area contributed by atoms with Gasteiger partial charge in [0.15, 0.2) is 11.6 Å². The Balaban J connectivity index is 1.60. The van der Waals surface area contributed by atoms with Gasteiger partial charge in [0.2, 0.25) is 5.90 Å². The average Bonchev–Trinajstić information content (AvgIpc) is 3.53. The Labute approximate surface area is 295 Å². The Morgan fingerprint density at radius 1 is 0.885 bits per heavy atom. The van der Waals surface area contributed by atoms with E-state index < -0.39 is 29.7 Å². The quantitative estimate of drug-likeness (QED) is 0.0518. The number of hydrogen-bond acceptors (Lipinski definition) is 8. The van der Waals surface area contributed by atoms with Gasteiger partial charge in [-0.3, -0.25) is 4.79 Å². The number of azide groups is 2. The molecule has 268 valence electrons. The lowest BCUT2D eigenvalue weighted by molar-refractivity contribution is -0.274. The van der Waals surface area contributed by atoms with Crippen LogP contribution >= 0.6 is 0 Å². The number of carbonyl (C=O) groups is 1. The normalized spacial score (nSPS) is 16.5. The van der Waals surface area contributed by atoms with Crippen molar-refractivity contribution >= 4 is 11.8 Å². The summed E-state index contributed by atoms with van der Waals surface area (Å²) in [5, 5.41) is 19.5. The van der Waals surface area contributed by atoms with E-state index in [0.29, 0.717) is 52.2 Å². The SMILES string of the molecule is [N-]=[N+]=NCc1ccccc1C[C@@]1(C(=O)NCc2ccc(OC(F)(F)F)cc2)N=C(c2ccc(OCCCO)cc2)O[C@@H]1c1ccccc1CN=[N+]=[N-]. The molecule has 0 bridgehead atoms. The van der Waals surface area contributed by atoms with Gasteiger partial charge in [0, 0.05) is 41.4 Å². The number of amides is 1. The first-order chi connectivity index (χ1) is 25.2. The molecule has 0 saturated heterocycles. The van der Waals surface area contributed by atoms with E-state index in [0.717, 1.165) is 12.1 Å². The van der Waals surface area contributed by atoms with Crippen LogP contribution in [0.25, 0.3) is 20.9 Å². The number of hydrogen-bond donors (Lipinski definition) is 2. The first kappa shape index (κ1) is 37.1. The van der Waals surface area contributed by atoms with Crippen LogP contribution < -0.4 is 14.8 Å². The highest BCUT2D eigenvalue weighted by molar-refractivity contribution is 6.01. The number of aliphatic hydroxyl groups is 1. The van der Waals surface area contributed by atoms with E-state index in [-0.39, 0.29) is 38.6 Å². The fourth-order valence-corrected chi connectivity index (χ4v) is 5.73. The molecule has 0 radical (unpaired) electrons. The van der Waals surface area contributed by atoms with Crippen LogP contribution in [0.5, 0.6) is 11.5 Å². The number of aliphatic imine (C=N–C) groups is 1. The smallest absolute Gasteiger partial charge is 0.494 e. The van der Waals surface area contributed by atoms with Crippen molar-refractivity contribution in [3.63, 3.8) is 0 Å². The largest absolute Gasteiger partial charge is 0.573 e. The summed E-state index contributed by atoms with van der Waals surface area (Å²) in [7, 11) is 0. The van der Waals surface area contributed by atoms with Gasteiger partial charge in [-0.2, -0.15) is 0 Å². The molecule has 0 saturated carbocycles. The van der Waals surface area contributed by atoms with E-state index in [1.54, 1.807) is 72.8 Å². The maximum atomic E-state index is 14.7. The second-order valence-electron chi connectivity index (χ2n) is 11.6. The summed E-state index contributed by atoms with van der Waals surface area (Å²) in [6, 6.07) is 26.2. The Bertz CT molecular complexity index is 1980. The van der Waals surface area contributed by atoms with Crippen LogP contribution in [0, 0.1) is 0 Å². The highest BCUT2D eigenvalue weighted by atomic mass is 19.4. The van der Waals surface area contributed by atoms with Gasteiger partial charge in [-0.1, -0.05) is 70.9 Å². The van der Waals surface area contributed by atoms with E-state index >= 15 is 0 Å². The zero-order chi connectivity index (χ0) is 37.0. The molecule has 0 unspecified atom stereocenters. The molecule has 4 aromatic rings. The standard InChI is InChI=1S/C36H33F3N8O5/c37-36(38,39)52-30-14-10-24(11-15-30)21-42-34(49)35(20-26-6-1-2-7-27(26)22-43-46-40)32(31-9-4-3-8-28(31)23-44-47-41)51-33(45-35)25-12-16-29(17-13-25)50-19-5-18-48/h1-4,6-17,32,48H,5,18-23H2,(H,42,49)/t32-,35-/m1/s1. The molecule has 4 aromatic carbocycles. The molecule has 5 rings (SSSR count). The number of halogens is 3. The summed E-state index contributed by atoms with van der Waals surface area (Å²) in [5.41, 5.74) is 19.9. The van der Waals surface area contributed by atoms with Gasteiger partial charge in [0.1, 0.15) is 11.5 Å². The van der Waals surface area contributed by atoms with Crippen LogP contribution in [0.1, 0.15) is 45.9 Å². The molecule has 1 aliphatic heterocycles. The Morgan fingerprint density at radius 2 is 1.50 bits per heavy atom. The number of aliphatic hydroxyl groups excluding tert-OH is 1. The minimum atomic E-state index is -4.85. The summed E-state index contributed by atoms with van der Waals surface area (Å²) in [4.78, 5) is 25.5. The lowest BCUT2D eigenvalue weighted by Gasteiger charge is -2.32. The van der Waals surface area contributed by atoms with Crippen LogP contribution in [0.4, 0.5) is 13.2 Å². The van der Waals surface area contributed by atoms with E-state index in [4.69, 9.17) is 30.6 Å². The monoisotopic (exact) mass is 714 g/mol. The minimum absolute atomic E-state index is 0.00400. The molecule has 1 heterocycles. The fraction of sp³-hybridized carbons (Fsp3) is 0.278. The molecule has 1 amide bonds. The third-order valence-corrected chi connectivity index (χ3v) is 8.16. The van der Waals surface area contributed by atoms with Crippen molar-refractivity contribution < 1.29 is 37.3 Å². The predicted molar refractivity (Wildman–Crippen MR) is 184 cm³/mol. The molecular weight excluding hydrogens is 681 g/mol. The molecule has 0 spiro atoms. The van der Waals surface area contributed by atoms with Crippen LogP contribution in [0.15, 0.2) is 112 Å². The second kappa shape index (κ2) is 17.1. The van der Waals surface area contributed by atoms with Crippen molar-refractivity contribution in [2.75, 3.05) is 13.2 Å². The van der Waals surface area contributed by atoms with Crippen LogP contribution in [0.3, 0.4) is 0 Å². The summed E-state index contributed by atoms with van der Waals surface area (Å²) >= 11 is 0. The summed E-state index contributed by atoms with van der Waals surface area (Å²) in [5.74, 6) is -0.281. The summed E-state index contributed by atoms with van der Waals surface area (Å²) in [6.45, 7) is 0.182. The summed E-state index contributed by atoms with van der Waals surface area (Å²) < 4.78 is 54.5. The zero-order valence-corrected chi connectivity index (χ0v) is 27.6. The maximum absolute atomic E-state index is 14.7. The Morgan fingerprint density at radius 3 is 2.15 bits per heavy atom. The average molecular weight is 715 g/mol. The molecule has 0 aromatic heterocycles. The number of nitrogens with zero attached hydrogens (tertiary/aromatic N) is 7. The van der Waals surface area contributed by atoms with Gasteiger partial charge >= 0.3 is 6.36 Å². The number of nitrogens with one attached hydrogen (secondary N) is 1. The van der Waals surface area contributed by atoms with Crippen molar-refractivity contribution in [1.29, 1.82) is 0 Å². The molecule has 0 aliphatic carbocycles. The van der Waals surface area contributed by atoms with E-state index in [2.05, 4.69) is 30.1 Å². The minimum Gasteiger partial charge on any atom is -0.494 e. The fourth-order valence-electron chi connectivity index (χ4n) is 5.73. The number of benzene rings is 4. The lowest BCUT2D eigenvalue weighted by atomic mass is 9.79. The van der Waals surface area contributed by atoms with Crippen molar-refractivity contribution in [2.45, 2.75) is 50.5 Å². The van der Waals surface area contributed by atoms with Crippen LogP contribution in [-0.4, -0.2) is 42.0 Å². The van der Waals surface area contributed by atoms with Gasteiger partial charge in [-0.15, -0.1) is 13.2 Å². The van der Waals surface area contributed by atoms with Crippen LogP contribution in [-0.2, 0) is 35.6 Å². The zero-order valence-electron chi connectivity index (χ0n) is 27.6. The van der Waals surface area contributed by atoms with E-state index in [9.17, 15) is 18.0 Å². The van der Waals surface area contributed by atoms with Gasteiger partial charge in [0.25, 0.3) is 5.91 Å². The van der Waals surface area contributed by atoms with Crippen molar-refractivity contribution in [3.05, 3.63) is 151 Å². The lowest BCUT2D eigenvalue weighted by Crippen LogP contribution is -2.50. The predicted octanol–water partition coefficient (Wildman–Crippen LogP) is 7.78. The van der Waals surface area contributed by atoms with E-state index in [1.807, 2.05) is 0 Å².